The van der Waals surface area contributed by atoms with Crippen LogP contribution in [0.1, 0.15) is 18.4 Å². The summed E-state index contributed by atoms with van der Waals surface area (Å²) >= 11 is 5.80. The maximum Gasteiger partial charge on any atom is 0.310 e. The van der Waals surface area contributed by atoms with Crippen LogP contribution in [0.2, 0.25) is 5.02 Å². The SMILES string of the molecule is CC(C(=O)O)c1ccc2c(c1)S(=O)(=O)c1ccc(Cl)cc1S2(=O)=O. The third-order valence-corrected chi connectivity index (χ3v) is 8.10. The Morgan fingerprint density at radius 1 is 0.917 bits per heavy atom. The van der Waals surface area contributed by atoms with E-state index >= 15 is 0 Å². The number of aliphatic carboxylic acids is 1. The van der Waals surface area contributed by atoms with Crippen LogP contribution in [0.15, 0.2) is 56.0 Å². The van der Waals surface area contributed by atoms with Gasteiger partial charge in [-0.25, -0.2) is 16.8 Å². The van der Waals surface area contributed by atoms with Gasteiger partial charge in [0.2, 0.25) is 19.7 Å². The molecule has 1 N–H and O–H groups in total. The molecule has 1 aliphatic heterocycles. The number of fused-ring (bicyclic) bond motifs is 2. The van der Waals surface area contributed by atoms with E-state index in [4.69, 9.17) is 16.7 Å². The monoisotopic (exact) mass is 386 g/mol. The molecule has 0 saturated heterocycles. The highest BCUT2D eigenvalue weighted by atomic mass is 35.5. The topological polar surface area (TPSA) is 106 Å². The van der Waals surface area contributed by atoms with Crippen molar-refractivity contribution >= 4 is 37.2 Å². The highest BCUT2D eigenvalue weighted by Crippen LogP contribution is 2.42. The number of halogens is 1. The fourth-order valence-corrected chi connectivity index (χ4v) is 6.93. The molecule has 2 aromatic carbocycles. The van der Waals surface area contributed by atoms with E-state index in [1.54, 1.807) is 0 Å². The van der Waals surface area contributed by atoms with Gasteiger partial charge >= 0.3 is 5.97 Å². The summed E-state index contributed by atoms with van der Waals surface area (Å²) in [7, 11) is -8.17. The summed E-state index contributed by atoms with van der Waals surface area (Å²) in [5, 5.41) is 9.18. The second kappa shape index (κ2) is 5.30. The number of hydrogen-bond donors (Lipinski definition) is 1. The van der Waals surface area contributed by atoms with Crippen molar-refractivity contribution in [1.29, 1.82) is 0 Å². The van der Waals surface area contributed by atoms with Crippen molar-refractivity contribution in [2.45, 2.75) is 32.4 Å². The highest BCUT2D eigenvalue weighted by Gasteiger charge is 2.39. The van der Waals surface area contributed by atoms with Crippen LogP contribution < -0.4 is 0 Å². The lowest BCUT2D eigenvalue weighted by Gasteiger charge is -2.21. The third-order valence-electron chi connectivity index (χ3n) is 3.90. The first-order valence-electron chi connectivity index (χ1n) is 6.73. The number of benzene rings is 2. The summed E-state index contributed by atoms with van der Waals surface area (Å²) in [5.74, 6) is -2.11. The zero-order valence-electron chi connectivity index (χ0n) is 12.2. The average Bonchev–Trinajstić information content (AvgIpc) is 2.52. The predicted octanol–water partition coefficient (Wildman–Crippen LogP) is 2.51. The third kappa shape index (κ3) is 2.33. The molecular formula is C15H11ClO6S2. The first-order chi connectivity index (χ1) is 11.1. The predicted molar refractivity (Wildman–Crippen MR) is 84.8 cm³/mol. The number of carbonyl (C=O) groups is 1. The molecule has 1 atom stereocenters. The molecule has 2 aromatic rings. The molecule has 1 heterocycles. The molecule has 0 fully saturated rings. The first kappa shape index (κ1) is 16.9. The quantitative estimate of drug-likeness (QED) is 0.725. The van der Waals surface area contributed by atoms with Gasteiger partial charge in [0.05, 0.1) is 25.5 Å². The molecule has 0 aromatic heterocycles. The molecule has 24 heavy (non-hydrogen) atoms. The Morgan fingerprint density at radius 2 is 1.42 bits per heavy atom. The summed E-state index contributed by atoms with van der Waals surface area (Å²) < 4.78 is 51.0. The normalized spacial score (nSPS) is 18.2. The van der Waals surface area contributed by atoms with E-state index < -0.39 is 36.5 Å². The molecule has 1 unspecified atom stereocenters. The van der Waals surface area contributed by atoms with Crippen LogP contribution in [0.4, 0.5) is 0 Å². The minimum absolute atomic E-state index is 0.104. The smallest absolute Gasteiger partial charge is 0.310 e. The van der Waals surface area contributed by atoms with E-state index in [9.17, 15) is 21.6 Å². The van der Waals surface area contributed by atoms with Crippen molar-refractivity contribution in [3.05, 3.63) is 47.0 Å². The largest absolute Gasteiger partial charge is 0.481 e. The Labute approximate surface area is 143 Å². The van der Waals surface area contributed by atoms with Crippen LogP contribution >= 0.6 is 11.6 Å². The van der Waals surface area contributed by atoms with Gasteiger partial charge in [0.1, 0.15) is 0 Å². The zero-order valence-corrected chi connectivity index (χ0v) is 14.6. The Kier molecular flexibility index (Phi) is 3.74. The van der Waals surface area contributed by atoms with Crippen molar-refractivity contribution in [3.8, 4) is 0 Å². The van der Waals surface area contributed by atoms with Crippen LogP contribution in [-0.4, -0.2) is 27.9 Å². The van der Waals surface area contributed by atoms with E-state index in [2.05, 4.69) is 0 Å². The zero-order chi connectivity index (χ0) is 17.9. The van der Waals surface area contributed by atoms with E-state index in [0.717, 1.165) is 24.3 Å². The lowest BCUT2D eigenvalue weighted by Crippen LogP contribution is -2.20. The number of hydrogen-bond acceptors (Lipinski definition) is 5. The Bertz CT molecular complexity index is 1090. The van der Waals surface area contributed by atoms with Gasteiger partial charge in [-0.2, -0.15) is 0 Å². The summed E-state index contributed by atoms with van der Waals surface area (Å²) in [5.41, 5.74) is 0.206. The Balaban J connectivity index is 2.38. The summed E-state index contributed by atoms with van der Waals surface area (Å²) in [6.07, 6.45) is 0. The molecular weight excluding hydrogens is 376 g/mol. The number of sulfone groups is 2. The van der Waals surface area contributed by atoms with Crippen molar-refractivity contribution in [2.24, 2.45) is 0 Å². The second-order valence-electron chi connectivity index (χ2n) is 5.36. The average molecular weight is 387 g/mol. The summed E-state index contributed by atoms with van der Waals surface area (Å²) in [6, 6.07) is 7.07. The van der Waals surface area contributed by atoms with Gasteiger partial charge < -0.3 is 5.11 Å². The van der Waals surface area contributed by atoms with E-state index in [-0.39, 0.29) is 25.3 Å². The fraction of sp³-hybridized carbons (Fsp3) is 0.133. The van der Waals surface area contributed by atoms with Crippen molar-refractivity contribution in [3.63, 3.8) is 0 Å². The standard InChI is InChI=1S/C15H11ClO6S2/c1-8(15(17)18)9-2-4-11-13(6-9)23(19,20)12-5-3-10(16)7-14(12)24(11,21)22/h2-8H,1H3,(H,17,18). The molecule has 6 nitrogen and oxygen atoms in total. The highest BCUT2D eigenvalue weighted by molar-refractivity contribution is 7.97. The van der Waals surface area contributed by atoms with Crippen LogP contribution in [0.3, 0.4) is 0 Å². The van der Waals surface area contributed by atoms with Gasteiger partial charge in [-0.15, -0.1) is 0 Å². The lowest BCUT2D eigenvalue weighted by molar-refractivity contribution is -0.138. The van der Waals surface area contributed by atoms with Crippen LogP contribution in [-0.2, 0) is 24.5 Å². The van der Waals surface area contributed by atoms with Gasteiger partial charge in [-0.1, -0.05) is 17.7 Å². The molecule has 126 valence electrons. The molecule has 0 saturated carbocycles. The molecule has 0 spiro atoms. The molecule has 9 heteroatoms. The molecule has 3 rings (SSSR count). The van der Waals surface area contributed by atoms with E-state index in [0.29, 0.717) is 0 Å². The number of carboxylic acid groups (broad SMARTS) is 1. The first-order valence-corrected chi connectivity index (χ1v) is 10.1. The minimum Gasteiger partial charge on any atom is -0.481 e. The van der Waals surface area contributed by atoms with Crippen molar-refractivity contribution in [1.82, 2.24) is 0 Å². The van der Waals surface area contributed by atoms with Gasteiger partial charge in [0.15, 0.2) is 0 Å². The van der Waals surface area contributed by atoms with Crippen LogP contribution in [0, 0.1) is 0 Å². The molecule has 1 aliphatic rings. The van der Waals surface area contributed by atoms with Gasteiger partial charge in [0, 0.05) is 5.02 Å². The van der Waals surface area contributed by atoms with Gasteiger partial charge in [-0.3, -0.25) is 4.79 Å². The summed E-state index contributed by atoms with van der Waals surface area (Å²) in [6.45, 7) is 1.39. The van der Waals surface area contributed by atoms with Gasteiger partial charge in [0.25, 0.3) is 0 Å². The van der Waals surface area contributed by atoms with Crippen molar-refractivity contribution < 1.29 is 26.7 Å². The molecule has 0 aliphatic carbocycles. The molecule has 0 bridgehead atoms. The molecule has 0 radical (unpaired) electrons. The fourth-order valence-electron chi connectivity index (χ4n) is 2.52. The number of carboxylic acids is 1. The van der Waals surface area contributed by atoms with E-state index in [1.807, 2.05) is 0 Å². The maximum atomic E-state index is 12.8. The molecule has 0 amide bonds. The number of rotatable bonds is 2. The minimum atomic E-state index is -4.10. The van der Waals surface area contributed by atoms with Crippen LogP contribution in [0.5, 0.6) is 0 Å². The summed E-state index contributed by atoms with van der Waals surface area (Å²) in [4.78, 5) is 9.58. The Morgan fingerprint density at radius 3 is 1.96 bits per heavy atom. The van der Waals surface area contributed by atoms with Crippen molar-refractivity contribution in [2.75, 3.05) is 0 Å². The van der Waals surface area contributed by atoms with E-state index in [1.165, 1.54) is 19.1 Å². The second-order valence-corrected chi connectivity index (χ2v) is 9.57. The maximum absolute atomic E-state index is 12.8. The lowest BCUT2D eigenvalue weighted by atomic mass is 10.0. The van der Waals surface area contributed by atoms with Crippen LogP contribution in [0.25, 0.3) is 0 Å². The Hall–Kier alpha value is -1.90. The van der Waals surface area contributed by atoms with Gasteiger partial charge in [-0.05, 0) is 42.8 Å².